The zero-order valence-corrected chi connectivity index (χ0v) is 13.2. The van der Waals surface area contributed by atoms with Crippen LogP contribution in [0, 0.1) is 11.3 Å². The van der Waals surface area contributed by atoms with Crippen molar-refractivity contribution in [1.82, 2.24) is 10.6 Å². The van der Waals surface area contributed by atoms with E-state index in [4.69, 9.17) is 5.73 Å². The Morgan fingerprint density at radius 3 is 2.55 bits per heavy atom. The van der Waals surface area contributed by atoms with Gasteiger partial charge in [0.05, 0.1) is 12.6 Å². The van der Waals surface area contributed by atoms with Crippen LogP contribution in [0.1, 0.15) is 53.4 Å². The first kappa shape index (κ1) is 17.0. The van der Waals surface area contributed by atoms with E-state index in [2.05, 4.69) is 24.5 Å². The lowest BCUT2D eigenvalue weighted by Gasteiger charge is -2.35. The maximum Gasteiger partial charge on any atom is 0.239 e. The summed E-state index contributed by atoms with van der Waals surface area (Å²) >= 11 is 0. The molecule has 0 saturated heterocycles. The number of carbonyl (C=O) groups is 2. The molecule has 0 aromatic heterocycles. The van der Waals surface area contributed by atoms with Gasteiger partial charge >= 0.3 is 0 Å². The van der Waals surface area contributed by atoms with Crippen LogP contribution < -0.4 is 16.4 Å². The van der Waals surface area contributed by atoms with Crippen LogP contribution in [0.2, 0.25) is 0 Å². The standard InChI is InChI=1S/C15H29N3O2/c1-10(2)13(16)14(20)17-9-12(19)18-11-6-5-7-15(3,4)8-11/h10-11,13H,5-9,16H2,1-4H3,(H,17,20)(H,18,19)/t11?,13-/m0/s1. The van der Waals surface area contributed by atoms with Crippen LogP contribution >= 0.6 is 0 Å². The summed E-state index contributed by atoms with van der Waals surface area (Å²) in [5.41, 5.74) is 6.01. The van der Waals surface area contributed by atoms with Gasteiger partial charge < -0.3 is 16.4 Å². The maximum atomic E-state index is 11.9. The van der Waals surface area contributed by atoms with Crippen LogP contribution in [0.4, 0.5) is 0 Å². The highest BCUT2D eigenvalue weighted by atomic mass is 16.2. The molecule has 0 heterocycles. The molecule has 0 radical (unpaired) electrons. The molecule has 5 heteroatoms. The minimum atomic E-state index is -0.559. The zero-order valence-electron chi connectivity index (χ0n) is 13.2. The Bertz CT molecular complexity index is 353. The van der Waals surface area contributed by atoms with E-state index in [9.17, 15) is 9.59 Å². The van der Waals surface area contributed by atoms with Gasteiger partial charge in [-0.15, -0.1) is 0 Å². The van der Waals surface area contributed by atoms with Crippen molar-refractivity contribution in [2.75, 3.05) is 6.54 Å². The summed E-state index contributed by atoms with van der Waals surface area (Å²) < 4.78 is 0. The average Bonchev–Trinajstić information content (AvgIpc) is 2.33. The second-order valence-electron chi connectivity index (χ2n) is 7.01. The molecule has 0 bridgehead atoms. The van der Waals surface area contributed by atoms with Gasteiger partial charge in [0.1, 0.15) is 0 Å². The molecule has 116 valence electrons. The fraction of sp³-hybridized carbons (Fsp3) is 0.867. The van der Waals surface area contributed by atoms with E-state index in [1.807, 2.05) is 13.8 Å². The van der Waals surface area contributed by atoms with E-state index >= 15 is 0 Å². The molecule has 0 aromatic carbocycles. The molecule has 0 aromatic rings. The molecule has 2 amide bonds. The van der Waals surface area contributed by atoms with E-state index in [1.54, 1.807) is 0 Å². The first-order valence-electron chi connectivity index (χ1n) is 7.54. The highest BCUT2D eigenvalue weighted by Gasteiger charge is 2.28. The predicted octanol–water partition coefficient (Wildman–Crippen LogP) is 1.17. The summed E-state index contributed by atoms with van der Waals surface area (Å²) in [6.07, 6.45) is 4.37. The van der Waals surface area contributed by atoms with Gasteiger partial charge in [-0.3, -0.25) is 9.59 Å². The third-order valence-corrected chi connectivity index (χ3v) is 4.01. The molecule has 1 aliphatic rings. The molecule has 1 unspecified atom stereocenters. The second kappa shape index (κ2) is 7.07. The van der Waals surface area contributed by atoms with Crippen LogP contribution in [0.15, 0.2) is 0 Å². The minimum absolute atomic E-state index is 0.0101. The first-order chi connectivity index (χ1) is 9.21. The molecule has 0 aliphatic heterocycles. The van der Waals surface area contributed by atoms with Crippen molar-refractivity contribution in [3.8, 4) is 0 Å². The van der Waals surface area contributed by atoms with Gasteiger partial charge in [0.15, 0.2) is 0 Å². The maximum absolute atomic E-state index is 11.9. The zero-order chi connectivity index (χ0) is 15.3. The van der Waals surface area contributed by atoms with E-state index in [0.717, 1.165) is 19.3 Å². The van der Waals surface area contributed by atoms with Crippen molar-refractivity contribution in [3.05, 3.63) is 0 Å². The lowest BCUT2D eigenvalue weighted by molar-refractivity contribution is -0.127. The Morgan fingerprint density at radius 2 is 2.00 bits per heavy atom. The van der Waals surface area contributed by atoms with E-state index < -0.39 is 6.04 Å². The molecular formula is C15H29N3O2. The van der Waals surface area contributed by atoms with Gasteiger partial charge in [-0.25, -0.2) is 0 Å². The van der Waals surface area contributed by atoms with Gasteiger partial charge in [0, 0.05) is 6.04 Å². The number of hydrogen-bond donors (Lipinski definition) is 3. The van der Waals surface area contributed by atoms with Gasteiger partial charge in [-0.05, 0) is 30.6 Å². The van der Waals surface area contributed by atoms with Crippen LogP contribution in [-0.4, -0.2) is 30.4 Å². The van der Waals surface area contributed by atoms with Crippen molar-refractivity contribution in [2.24, 2.45) is 17.1 Å². The van der Waals surface area contributed by atoms with Crippen LogP contribution in [0.5, 0.6) is 0 Å². The Kier molecular flexibility index (Phi) is 5.99. The molecule has 4 N–H and O–H groups in total. The molecule has 1 aliphatic carbocycles. The number of nitrogens with two attached hydrogens (primary N) is 1. The molecule has 1 saturated carbocycles. The Labute approximate surface area is 122 Å². The van der Waals surface area contributed by atoms with Gasteiger partial charge in [0.2, 0.25) is 11.8 Å². The van der Waals surface area contributed by atoms with Crippen LogP contribution in [0.3, 0.4) is 0 Å². The quantitative estimate of drug-likeness (QED) is 0.708. The minimum Gasteiger partial charge on any atom is -0.352 e. The topological polar surface area (TPSA) is 84.2 Å². The van der Waals surface area contributed by atoms with Crippen LogP contribution in [0.25, 0.3) is 0 Å². The Morgan fingerprint density at radius 1 is 1.35 bits per heavy atom. The number of amides is 2. The van der Waals surface area contributed by atoms with Gasteiger partial charge in [-0.1, -0.05) is 34.1 Å². The highest BCUT2D eigenvalue weighted by Crippen LogP contribution is 2.34. The van der Waals surface area contributed by atoms with Gasteiger partial charge in [-0.2, -0.15) is 0 Å². The third-order valence-electron chi connectivity index (χ3n) is 4.01. The summed E-state index contributed by atoms with van der Waals surface area (Å²) in [5, 5.41) is 5.60. The fourth-order valence-corrected chi connectivity index (χ4v) is 2.69. The van der Waals surface area contributed by atoms with E-state index in [1.165, 1.54) is 6.42 Å². The van der Waals surface area contributed by atoms with Gasteiger partial charge in [0.25, 0.3) is 0 Å². The third kappa shape index (κ3) is 5.49. The van der Waals surface area contributed by atoms with Crippen molar-refractivity contribution >= 4 is 11.8 Å². The van der Waals surface area contributed by atoms with Crippen molar-refractivity contribution < 1.29 is 9.59 Å². The normalized spacial score (nSPS) is 23.2. The predicted molar refractivity (Wildman–Crippen MR) is 80.0 cm³/mol. The number of hydrogen-bond acceptors (Lipinski definition) is 3. The average molecular weight is 283 g/mol. The first-order valence-corrected chi connectivity index (χ1v) is 7.54. The lowest BCUT2D eigenvalue weighted by atomic mass is 9.75. The Hall–Kier alpha value is -1.10. The van der Waals surface area contributed by atoms with Crippen molar-refractivity contribution in [1.29, 1.82) is 0 Å². The lowest BCUT2D eigenvalue weighted by Crippen LogP contribution is -2.49. The molecule has 1 rings (SSSR count). The summed E-state index contributed by atoms with van der Waals surface area (Å²) in [4.78, 5) is 23.5. The van der Waals surface area contributed by atoms with Crippen molar-refractivity contribution in [3.63, 3.8) is 0 Å². The SMILES string of the molecule is CC(C)[C@H](N)C(=O)NCC(=O)NC1CCCC(C)(C)C1. The van der Waals surface area contributed by atoms with Crippen LogP contribution in [-0.2, 0) is 9.59 Å². The summed E-state index contributed by atoms with van der Waals surface area (Å²) in [7, 11) is 0. The number of rotatable bonds is 5. The van der Waals surface area contributed by atoms with Crippen molar-refractivity contribution in [2.45, 2.75) is 65.5 Å². The molecule has 0 spiro atoms. The molecule has 20 heavy (non-hydrogen) atoms. The largest absolute Gasteiger partial charge is 0.352 e. The smallest absolute Gasteiger partial charge is 0.239 e. The van der Waals surface area contributed by atoms with E-state index in [0.29, 0.717) is 5.41 Å². The summed E-state index contributed by atoms with van der Waals surface area (Å²) in [6, 6.07) is -0.335. The molecular weight excluding hydrogens is 254 g/mol. The number of carbonyl (C=O) groups excluding carboxylic acids is 2. The fourth-order valence-electron chi connectivity index (χ4n) is 2.69. The monoisotopic (exact) mass is 283 g/mol. The molecule has 1 fully saturated rings. The second-order valence-corrected chi connectivity index (χ2v) is 7.01. The number of nitrogens with one attached hydrogen (secondary N) is 2. The van der Waals surface area contributed by atoms with E-state index in [-0.39, 0.29) is 30.3 Å². The summed E-state index contributed by atoms with van der Waals surface area (Å²) in [5.74, 6) is -0.326. The Balaban J connectivity index is 2.32. The highest BCUT2D eigenvalue weighted by molar-refractivity contribution is 5.87. The summed E-state index contributed by atoms with van der Waals surface area (Å²) in [6.45, 7) is 8.24. The molecule has 2 atom stereocenters. The molecule has 5 nitrogen and oxygen atoms in total.